The molecule has 0 radical (unpaired) electrons. The lowest BCUT2D eigenvalue weighted by Crippen LogP contribution is -2.44. The number of hydrogen-bond donors (Lipinski definition) is 0. The summed E-state index contributed by atoms with van der Waals surface area (Å²) < 4.78 is 0. The smallest absolute Gasteiger partial charge is 0.238 e. The molecule has 0 bridgehead atoms. The largest absolute Gasteiger partial charge is 0.307 e. The summed E-state index contributed by atoms with van der Waals surface area (Å²) in [6, 6.07) is 16.5. The van der Waals surface area contributed by atoms with Gasteiger partial charge in [0.2, 0.25) is 5.91 Å². The fourth-order valence-electron chi connectivity index (χ4n) is 5.66. The topological polar surface area (TPSA) is 37.4 Å². The van der Waals surface area contributed by atoms with Gasteiger partial charge in [-0.1, -0.05) is 67.4 Å². The van der Waals surface area contributed by atoms with Crippen LogP contribution in [0.1, 0.15) is 42.9 Å². The zero-order valence-corrected chi connectivity index (χ0v) is 17.3. The summed E-state index contributed by atoms with van der Waals surface area (Å²) in [4.78, 5) is 28.1. The molecule has 0 saturated heterocycles. The van der Waals surface area contributed by atoms with Crippen LogP contribution in [-0.2, 0) is 21.5 Å². The first-order valence-corrected chi connectivity index (χ1v) is 10.6. The Hall–Kier alpha value is -2.68. The molecule has 1 aliphatic carbocycles. The van der Waals surface area contributed by atoms with Gasteiger partial charge in [0, 0.05) is 11.6 Å². The van der Waals surface area contributed by atoms with E-state index in [2.05, 4.69) is 50.8 Å². The number of fused-ring (bicyclic) bond motifs is 2. The first-order chi connectivity index (χ1) is 14.1. The number of benzene rings is 2. The number of nitrogens with zero attached hydrogens (tertiary/aromatic N) is 1. The van der Waals surface area contributed by atoms with Gasteiger partial charge in [0.1, 0.15) is 6.29 Å². The number of anilines is 1. The number of hydrogen-bond acceptors (Lipinski definition) is 2. The Morgan fingerprint density at radius 1 is 1.21 bits per heavy atom. The molecule has 0 N–H and O–H groups in total. The predicted octanol–water partition coefficient (Wildman–Crippen LogP) is 5.22. The molecule has 1 aliphatic heterocycles. The standard InChI is InChI=1S/C26H29NO2/c1-4-9-22-21(17-28)20(5-2)15-26(22)23-14-18(3)12-13-24(23)27(25(26)29)16-19-10-7-6-8-11-19/h5-8,10-14,17,20-22H,2,4,9,15-16H2,1,3H3/t20-,21-,22+,26+/m0/s1. The van der Waals surface area contributed by atoms with Crippen molar-refractivity contribution in [1.82, 2.24) is 0 Å². The molecule has 150 valence electrons. The number of allylic oxidation sites excluding steroid dienone is 1. The first kappa shape index (κ1) is 19.6. The fourth-order valence-corrected chi connectivity index (χ4v) is 5.66. The number of carbonyl (C=O) groups is 2. The number of amides is 1. The Morgan fingerprint density at radius 3 is 2.62 bits per heavy atom. The lowest BCUT2D eigenvalue weighted by Gasteiger charge is -2.32. The van der Waals surface area contributed by atoms with Crippen LogP contribution < -0.4 is 4.90 Å². The average Bonchev–Trinajstić information content (AvgIpc) is 3.17. The van der Waals surface area contributed by atoms with E-state index >= 15 is 0 Å². The van der Waals surface area contributed by atoms with Gasteiger partial charge in [-0.3, -0.25) is 4.79 Å². The zero-order valence-electron chi connectivity index (χ0n) is 17.3. The lowest BCUT2D eigenvalue weighted by molar-refractivity contribution is -0.125. The van der Waals surface area contributed by atoms with E-state index in [1.165, 1.54) is 0 Å². The second kappa shape index (κ2) is 7.62. The normalized spacial score (nSPS) is 28.0. The summed E-state index contributed by atoms with van der Waals surface area (Å²) in [5.74, 6) is 0.0536. The molecule has 4 atom stereocenters. The van der Waals surface area contributed by atoms with E-state index < -0.39 is 5.41 Å². The first-order valence-electron chi connectivity index (χ1n) is 10.6. The molecule has 1 fully saturated rings. The Morgan fingerprint density at radius 2 is 1.97 bits per heavy atom. The van der Waals surface area contributed by atoms with E-state index in [4.69, 9.17) is 0 Å². The highest BCUT2D eigenvalue weighted by atomic mass is 16.2. The second-order valence-corrected chi connectivity index (χ2v) is 8.58. The van der Waals surface area contributed by atoms with Crippen LogP contribution in [0, 0.1) is 24.7 Å². The molecule has 0 unspecified atom stereocenters. The summed E-state index contributed by atoms with van der Waals surface area (Å²) in [5, 5.41) is 0. The highest BCUT2D eigenvalue weighted by Crippen LogP contribution is 2.59. The van der Waals surface area contributed by atoms with Crippen molar-refractivity contribution in [2.24, 2.45) is 17.8 Å². The van der Waals surface area contributed by atoms with Gasteiger partial charge < -0.3 is 9.69 Å². The molecular weight excluding hydrogens is 358 g/mol. The van der Waals surface area contributed by atoms with Crippen LogP contribution in [0.2, 0.25) is 0 Å². The van der Waals surface area contributed by atoms with Crippen molar-refractivity contribution in [3.63, 3.8) is 0 Å². The summed E-state index contributed by atoms with van der Waals surface area (Å²) >= 11 is 0. The molecule has 29 heavy (non-hydrogen) atoms. The third kappa shape index (κ3) is 2.95. The third-order valence-corrected chi connectivity index (χ3v) is 6.94. The third-order valence-electron chi connectivity index (χ3n) is 6.94. The molecule has 0 aromatic heterocycles. The van der Waals surface area contributed by atoms with Crippen molar-refractivity contribution in [2.75, 3.05) is 4.90 Å². The molecule has 3 nitrogen and oxygen atoms in total. The lowest BCUT2D eigenvalue weighted by atomic mass is 9.69. The van der Waals surface area contributed by atoms with Crippen LogP contribution in [0.3, 0.4) is 0 Å². The quantitative estimate of drug-likeness (QED) is 0.503. The maximum Gasteiger partial charge on any atom is 0.238 e. The van der Waals surface area contributed by atoms with Crippen LogP contribution in [0.5, 0.6) is 0 Å². The molecule has 4 rings (SSSR count). The van der Waals surface area contributed by atoms with E-state index in [-0.39, 0.29) is 23.7 Å². The van der Waals surface area contributed by atoms with E-state index in [9.17, 15) is 9.59 Å². The van der Waals surface area contributed by atoms with Gasteiger partial charge in [0.05, 0.1) is 12.0 Å². The zero-order chi connectivity index (χ0) is 20.6. The summed E-state index contributed by atoms with van der Waals surface area (Å²) in [6.45, 7) is 8.76. The molecule has 1 spiro atoms. The van der Waals surface area contributed by atoms with Gasteiger partial charge in [-0.05, 0) is 48.8 Å². The number of rotatable bonds is 6. The van der Waals surface area contributed by atoms with E-state index in [1.54, 1.807) is 0 Å². The van der Waals surface area contributed by atoms with Crippen molar-refractivity contribution in [2.45, 2.75) is 45.1 Å². The van der Waals surface area contributed by atoms with E-state index in [1.807, 2.05) is 29.2 Å². The van der Waals surface area contributed by atoms with Crippen molar-refractivity contribution in [3.8, 4) is 0 Å². The van der Waals surface area contributed by atoms with Crippen molar-refractivity contribution in [3.05, 3.63) is 77.9 Å². The molecule has 1 heterocycles. The van der Waals surface area contributed by atoms with Crippen LogP contribution in [-0.4, -0.2) is 12.2 Å². The summed E-state index contributed by atoms with van der Waals surface area (Å²) in [6.07, 6.45) is 5.45. The molecule has 1 amide bonds. The number of carbonyl (C=O) groups excluding carboxylic acids is 2. The summed E-state index contributed by atoms with van der Waals surface area (Å²) in [5.41, 5.74) is 3.74. The highest BCUT2D eigenvalue weighted by molar-refractivity contribution is 6.09. The van der Waals surface area contributed by atoms with Gasteiger partial charge in [-0.2, -0.15) is 0 Å². The minimum atomic E-state index is -0.628. The van der Waals surface area contributed by atoms with Crippen molar-refractivity contribution in [1.29, 1.82) is 0 Å². The molecule has 2 aromatic rings. The highest BCUT2D eigenvalue weighted by Gasteiger charge is 2.62. The van der Waals surface area contributed by atoms with Gasteiger partial charge in [0.25, 0.3) is 0 Å². The maximum absolute atomic E-state index is 14.1. The van der Waals surface area contributed by atoms with Crippen LogP contribution in [0.4, 0.5) is 5.69 Å². The van der Waals surface area contributed by atoms with E-state index in [0.29, 0.717) is 13.0 Å². The van der Waals surface area contributed by atoms with Crippen molar-refractivity contribution >= 4 is 17.9 Å². The van der Waals surface area contributed by atoms with Gasteiger partial charge in [0.15, 0.2) is 0 Å². The second-order valence-electron chi connectivity index (χ2n) is 8.58. The Labute approximate surface area is 173 Å². The Kier molecular flexibility index (Phi) is 5.16. The van der Waals surface area contributed by atoms with Gasteiger partial charge in [-0.25, -0.2) is 0 Å². The maximum atomic E-state index is 14.1. The molecule has 3 heteroatoms. The molecule has 1 saturated carbocycles. The number of aldehydes is 1. The fraction of sp³-hybridized carbons (Fsp3) is 0.385. The minimum Gasteiger partial charge on any atom is -0.307 e. The minimum absolute atomic E-state index is 0.0156. The Bertz CT molecular complexity index is 935. The van der Waals surface area contributed by atoms with Crippen LogP contribution >= 0.6 is 0 Å². The molecule has 2 aromatic carbocycles. The van der Waals surface area contributed by atoms with Crippen LogP contribution in [0.15, 0.2) is 61.2 Å². The monoisotopic (exact) mass is 387 g/mol. The summed E-state index contributed by atoms with van der Waals surface area (Å²) in [7, 11) is 0. The SMILES string of the molecule is C=C[C@H]1C[C@@]2(C(=O)N(Cc3ccccc3)c3ccc(C)cc32)[C@H](CCC)[C@H]1C=O. The van der Waals surface area contributed by atoms with Crippen LogP contribution in [0.25, 0.3) is 0 Å². The van der Waals surface area contributed by atoms with Gasteiger partial charge >= 0.3 is 0 Å². The van der Waals surface area contributed by atoms with Crippen molar-refractivity contribution < 1.29 is 9.59 Å². The predicted molar refractivity (Wildman–Crippen MR) is 117 cm³/mol. The molecule has 2 aliphatic rings. The average molecular weight is 388 g/mol. The Balaban J connectivity index is 1.87. The van der Waals surface area contributed by atoms with E-state index in [0.717, 1.165) is 41.5 Å². The van der Waals surface area contributed by atoms with Gasteiger partial charge in [-0.15, -0.1) is 6.58 Å². The number of aryl methyl sites for hydroxylation is 1. The molecular formula is C26H29NO2.